The van der Waals surface area contributed by atoms with Gasteiger partial charge in [-0.05, 0) is 25.1 Å². The molecule has 1 rings (SSSR count). The summed E-state index contributed by atoms with van der Waals surface area (Å²) in [5.41, 5.74) is 6.15. The van der Waals surface area contributed by atoms with E-state index in [0.717, 1.165) is 0 Å². The summed E-state index contributed by atoms with van der Waals surface area (Å²) >= 11 is 9.88. The molecule has 0 atom stereocenters. The first kappa shape index (κ1) is 18.3. The Bertz CT molecular complexity index is 634. The number of hydrogen-bond acceptors (Lipinski definition) is 4. The van der Waals surface area contributed by atoms with E-state index in [1.165, 1.54) is 30.5 Å². The zero-order valence-electron chi connectivity index (χ0n) is 11.9. The maximum atomic E-state index is 13.6. The second-order valence-corrected chi connectivity index (χ2v) is 5.26. The minimum Gasteiger partial charge on any atom is -0.403 e. The van der Waals surface area contributed by atoms with Crippen molar-refractivity contribution in [1.29, 1.82) is 0 Å². The SMILES string of the molecule is C=C(S)N/C(=C/C(Cl)=C/N)C(C)=NCc1c(F)cccc1F. The van der Waals surface area contributed by atoms with Gasteiger partial charge in [0.15, 0.2) is 0 Å². The van der Waals surface area contributed by atoms with E-state index in [2.05, 4.69) is 29.5 Å². The molecule has 118 valence electrons. The predicted octanol–water partition coefficient (Wildman–Crippen LogP) is 3.84. The number of benzene rings is 1. The predicted molar refractivity (Wildman–Crippen MR) is 90.6 cm³/mol. The van der Waals surface area contributed by atoms with Crippen molar-refractivity contribution in [2.75, 3.05) is 0 Å². The van der Waals surface area contributed by atoms with Crippen molar-refractivity contribution in [3.8, 4) is 0 Å². The summed E-state index contributed by atoms with van der Waals surface area (Å²) < 4.78 is 27.1. The third kappa shape index (κ3) is 5.54. The first-order valence-corrected chi connectivity index (χ1v) is 7.06. The number of rotatable bonds is 6. The average molecular weight is 344 g/mol. The minimum absolute atomic E-state index is 0.105. The Hall–Kier alpha value is -1.79. The third-order valence-electron chi connectivity index (χ3n) is 2.65. The number of hydrogen-bond donors (Lipinski definition) is 3. The fourth-order valence-electron chi connectivity index (χ4n) is 1.54. The summed E-state index contributed by atoms with van der Waals surface area (Å²) in [5.74, 6) is -1.29. The lowest BCUT2D eigenvalue weighted by Crippen LogP contribution is -2.16. The normalized spacial score (nSPS) is 13.2. The van der Waals surface area contributed by atoms with Crippen molar-refractivity contribution in [1.82, 2.24) is 5.32 Å². The molecule has 0 saturated carbocycles. The molecule has 0 spiro atoms. The lowest BCUT2D eigenvalue weighted by molar-refractivity contribution is 0.557. The van der Waals surface area contributed by atoms with Gasteiger partial charge in [0, 0.05) is 11.8 Å². The second-order valence-electron chi connectivity index (χ2n) is 4.28. The van der Waals surface area contributed by atoms with Crippen LogP contribution in [0.4, 0.5) is 8.78 Å². The van der Waals surface area contributed by atoms with Crippen LogP contribution in [-0.4, -0.2) is 5.71 Å². The number of halogens is 3. The molecule has 0 bridgehead atoms. The lowest BCUT2D eigenvalue weighted by atomic mass is 10.2. The van der Waals surface area contributed by atoms with Crippen LogP contribution in [-0.2, 0) is 6.54 Å². The fourth-order valence-corrected chi connectivity index (χ4v) is 1.77. The first-order chi connectivity index (χ1) is 10.3. The Morgan fingerprint density at radius 3 is 2.55 bits per heavy atom. The number of nitrogens with two attached hydrogens (primary N) is 1. The molecule has 0 amide bonds. The van der Waals surface area contributed by atoms with Gasteiger partial charge in [0.05, 0.1) is 28.0 Å². The summed E-state index contributed by atoms with van der Waals surface area (Å²) in [5, 5.41) is 3.47. The van der Waals surface area contributed by atoms with Gasteiger partial charge in [0.1, 0.15) is 11.6 Å². The monoisotopic (exact) mass is 343 g/mol. The van der Waals surface area contributed by atoms with Crippen LogP contribution in [0.2, 0.25) is 0 Å². The molecule has 0 fully saturated rings. The molecule has 22 heavy (non-hydrogen) atoms. The highest BCUT2D eigenvalue weighted by atomic mass is 35.5. The summed E-state index contributed by atoms with van der Waals surface area (Å²) in [4.78, 5) is 4.16. The van der Waals surface area contributed by atoms with Gasteiger partial charge in [0.25, 0.3) is 0 Å². The molecule has 0 heterocycles. The average Bonchev–Trinajstić information content (AvgIpc) is 2.45. The lowest BCUT2D eigenvalue weighted by Gasteiger charge is -2.10. The molecule has 0 saturated heterocycles. The van der Waals surface area contributed by atoms with E-state index in [-0.39, 0.29) is 17.1 Å². The van der Waals surface area contributed by atoms with Gasteiger partial charge in [-0.25, -0.2) is 8.78 Å². The maximum Gasteiger partial charge on any atom is 0.131 e. The molecular weight excluding hydrogens is 328 g/mol. The molecule has 0 aliphatic carbocycles. The summed E-state index contributed by atoms with van der Waals surface area (Å²) in [6, 6.07) is 3.66. The van der Waals surface area contributed by atoms with Crippen molar-refractivity contribution in [2.45, 2.75) is 13.5 Å². The van der Waals surface area contributed by atoms with E-state index in [4.69, 9.17) is 17.3 Å². The van der Waals surface area contributed by atoms with E-state index in [1.54, 1.807) is 6.92 Å². The first-order valence-electron chi connectivity index (χ1n) is 6.23. The van der Waals surface area contributed by atoms with E-state index >= 15 is 0 Å². The largest absolute Gasteiger partial charge is 0.403 e. The van der Waals surface area contributed by atoms with Gasteiger partial charge in [-0.3, -0.25) is 4.99 Å². The van der Waals surface area contributed by atoms with Crippen LogP contribution in [0.5, 0.6) is 0 Å². The van der Waals surface area contributed by atoms with Crippen LogP contribution in [0.15, 0.2) is 57.8 Å². The van der Waals surface area contributed by atoms with Crippen LogP contribution < -0.4 is 11.1 Å². The fraction of sp³-hybridized carbons (Fsp3) is 0.133. The van der Waals surface area contributed by atoms with Gasteiger partial charge >= 0.3 is 0 Å². The minimum atomic E-state index is -0.645. The molecule has 1 aromatic carbocycles. The van der Waals surface area contributed by atoms with Crippen molar-refractivity contribution in [2.24, 2.45) is 10.7 Å². The van der Waals surface area contributed by atoms with Crippen LogP contribution >= 0.6 is 24.2 Å². The van der Waals surface area contributed by atoms with Crippen LogP contribution in [0, 0.1) is 11.6 Å². The second kappa shape index (κ2) is 8.60. The highest BCUT2D eigenvalue weighted by Gasteiger charge is 2.09. The Morgan fingerprint density at radius 2 is 2.05 bits per heavy atom. The van der Waals surface area contributed by atoms with Gasteiger partial charge < -0.3 is 11.1 Å². The van der Waals surface area contributed by atoms with Gasteiger partial charge in [-0.1, -0.05) is 24.2 Å². The van der Waals surface area contributed by atoms with Crippen LogP contribution in [0.25, 0.3) is 0 Å². The summed E-state index contributed by atoms with van der Waals surface area (Å²) in [6.07, 6.45) is 2.72. The van der Waals surface area contributed by atoms with Gasteiger partial charge in [-0.2, -0.15) is 0 Å². The van der Waals surface area contributed by atoms with Crippen molar-refractivity contribution < 1.29 is 8.78 Å². The zero-order chi connectivity index (χ0) is 16.7. The molecule has 0 aliphatic heterocycles. The zero-order valence-corrected chi connectivity index (χ0v) is 13.6. The van der Waals surface area contributed by atoms with Crippen molar-refractivity contribution >= 4 is 29.9 Å². The Kier molecular flexibility index (Phi) is 7.14. The van der Waals surface area contributed by atoms with E-state index in [0.29, 0.717) is 16.4 Å². The molecular formula is C15H16ClF2N3S. The van der Waals surface area contributed by atoms with Gasteiger partial charge in [0.2, 0.25) is 0 Å². The Labute approximate surface area is 138 Å². The van der Waals surface area contributed by atoms with Crippen molar-refractivity contribution in [3.63, 3.8) is 0 Å². The van der Waals surface area contributed by atoms with Crippen molar-refractivity contribution in [3.05, 3.63) is 70.0 Å². The molecule has 0 aromatic heterocycles. The van der Waals surface area contributed by atoms with Crippen LogP contribution in [0.1, 0.15) is 12.5 Å². The number of nitrogens with one attached hydrogen (secondary N) is 1. The number of nitrogens with zero attached hydrogens (tertiary/aromatic N) is 1. The quantitative estimate of drug-likeness (QED) is 0.417. The third-order valence-corrected chi connectivity index (χ3v) is 2.99. The standard InChI is InChI=1S/C15H16ClF2N3S/c1-9(15(21-10(2)22)6-11(16)7-19)20-8-12-13(17)4-3-5-14(12)18/h3-7,21-22H,2,8,19H2,1H3/b11-7-,15-6+,20-9?. The van der Waals surface area contributed by atoms with Crippen LogP contribution in [0.3, 0.4) is 0 Å². The summed E-state index contributed by atoms with van der Waals surface area (Å²) in [6.45, 7) is 5.12. The molecule has 0 unspecified atom stereocenters. The molecule has 0 aliphatic rings. The van der Waals surface area contributed by atoms with E-state index in [9.17, 15) is 8.78 Å². The smallest absolute Gasteiger partial charge is 0.131 e. The molecule has 7 heteroatoms. The topological polar surface area (TPSA) is 50.4 Å². The molecule has 3 nitrogen and oxygen atoms in total. The molecule has 3 N–H and O–H groups in total. The maximum absolute atomic E-state index is 13.6. The molecule has 1 aromatic rings. The highest BCUT2D eigenvalue weighted by Crippen LogP contribution is 2.14. The number of aliphatic imine (C=N–C) groups is 1. The molecule has 0 radical (unpaired) electrons. The van der Waals surface area contributed by atoms with E-state index in [1.807, 2.05) is 0 Å². The van der Waals surface area contributed by atoms with Gasteiger partial charge in [-0.15, -0.1) is 12.6 Å². The Morgan fingerprint density at radius 1 is 1.45 bits per heavy atom. The highest BCUT2D eigenvalue weighted by molar-refractivity contribution is 7.84. The number of allylic oxidation sites excluding steroid dienone is 3. The Balaban J connectivity index is 3.06. The number of thiol groups is 1. The van der Waals surface area contributed by atoms with E-state index < -0.39 is 11.6 Å². The summed E-state index contributed by atoms with van der Waals surface area (Å²) in [7, 11) is 0.